The van der Waals surface area contributed by atoms with Gasteiger partial charge in [0.05, 0.1) is 5.56 Å². The predicted molar refractivity (Wildman–Crippen MR) is 78.5 cm³/mol. The maximum absolute atomic E-state index is 6.23. The van der Waals surface area contributed by atoms with Gasteiger partial charge in [-0.1, -0.05) is 53.5 Å². The van der Waals surface area contributed by atoms with E-state index in [2.05, 4.69) is 19.9 Å². The van der Waals surface area contributed by atoms with E-state index in [1.165, 1.54) is 0 Å². The molecule has 3 rings (SSSR count). The SMILES string of the molecule is Clc1nc(-c2ncccn2)nc(Cl)c1-c1ccccc1. The van der Waals surface area contributed by atoms with E-state index in [9.17, 15) is 0 Å². The molecule has 0 bridgehead atoms. The first-order valence-corrected chi connectivity index (χ1v) is 6.57. The van der Waals surface area contributed by atoms with Crippen LogP contribution >= 0.6 is 23.2 Å². The lowest BCUT2D eigenvalue weighted by Crippen LogP contribution is -1.97. The molecule has 2 heterocycles. The maximum atomic E-state index is 6.23. The number of nitrogens with zero attached hydrogens (tertiary/aromatic N) is 4. The van der Waals surface area contributed by atoms with Crippen LogP contribution in [0.1, 0.15) is 0 Å². The van der Waals surface area contributed by atoms with Crippen LogP contribution in [-0.4, -0.2) is 19.9 Å². The summed E-state index contributed by atoms with van der Waals surface area (Å²) in [5.74, 6) is 0.691. The average molecular weight is 303 g/mol. The zero-order chi connectivity index (χ0) is 13.9. The Morgan fingerprint density at radius 3 is 1.90 bits per heavy atom. The normalized spacial score (nSPS) is 10.5. The highest BCUT2D eigenvalue weighted by Gasteiger charge is 2.15. The van der Waals surface area contributed by atoms with Crippen molar-refractivity contribution in [2.45, 2.75) is 0 Å². The molecule has 0 saturated carbocycles. The molecule has 0 aliphatic rings. The van der Waals surface area contributed by atoms with E-state index >= 15 is 0 Å². The number of rotatable bonds is 2. The third-order valence-corrected chi connectivity index (χ3v) is 3.20. The van der Waals surface area contributed by atoms with E-state index in [4.69, 9.17) is 23.2 Å². The minimum atomic E-state index is 0.277. The van der Waals surface area contributed by atoms with Gasteiger partial charge in [-0.15, -0.1) is 0 Å². The van der Waals surface area contributed by atoms with Crippen LogP contribution in [0.25, 0.3) is 22.8 Å². The van der Waals surface area contributed by atoms with Crippen molar-refractivity contribution in [3.63, 3.8) is 0 Å². The van der Waals surface area contributed by atoms with Crippen LogP contribution in [0.5, 0.6) is 0 Å². The quantitative estimate of drug-likeness (QED) is 0.674. The standard InChI is InChI=1S/C14H8Cl2N4/c15-11-10(9-5-2-1-3-6-9)12(16)20-14(19-11)13-17-7-4-8-18-13/h1-8H. The second kappa shape index (κ2) is 5.53. The van der Waals surface area contributed by atoms with Crippen molar-refractivity contribution in [2.75, 3.05) is 0 Å². The van der Waals surface area contributed by atoms with Crippen molar-refractivity contribution in [3.8, 4) is 22.8 Å². The zero-order valence-corrected chi connectivity index (χ0v) is 11.7. The summed E-state index contributed by atoms with van der Waals surface area (Å²) in [7, 11) is 0. The van der Waals surface area contributed by atoms with E-state index in [0.717, 1.165) is 5.56 Å². The van der Waals surface area contributed by atoms with Crippen LogP contribution in [0.2, 0.25) is 10.3 Å². The van der Waals surface area contributed by atoms with Gasteiger partial charge in [-0.3, -0.25) is 0 Å². The first-order chi connectivity index (χ1) is 9.75. The topological polar surface area (TPSA) is 51.6 Å². The van der Waals surface area contributed by atoms with E-state index in [-0.39, 0.29) is 10.3 Å². The third-order valence-electron chi connectivity index (χ3n) is 2.65. The Morgan fingerprint density at radius 2 is 1.30 bits per heavy atom. The molecule has 0 N–H and O–H groups in total. The Bertz CT molecular complexity index is 710. The molecule has 0 atom stereocenters. The monoisotopic (exact) mass is 302 g/mol. The van der Waals surface area contributed by atoms with E-state index in [0.29, 0.717) is 17.2 Å². The fraction of sp³-hybridized carbons (Fsp3) is 0. The van der Waals surface area contributed by atoms with Crippen LogP contribution < -0.4 is 0 Å². The predicted octanol–water partition coefficient (Wildman–Crippen LogP) is 3.91. The summed E-state index contributed by atoms with van der Waals surface area (Å²) in [5, 5.41) is 0.553. The van der Waals surface area contributed by atoms with Gasteiger partial charge in [0.15, 0.2) is 5.82 Å². The Labute approximate surface area is 125 Å². The molecule has 0 fully saturated rings. The van der Waals surface area contributed by atoms with Crippen LogP contribution in [0.3, 0.4) is 0 Å². The van der Waals surface area contributed by atoms with Crippen molar-refractivity contribution < 1.29 is 0 Å². The molecule has 0 amide bonds. The van der Waals surface area contributed by atoms with Gasteiger partial charge in [-0.2, -0.15) is 0 Å². The zero-order valence-electron chi connectivity index (χ0n) is 10.2. The Kier molecular flexibility index (Phi) is 3.58. The Morgan fingerprint density at radius 1 is 0.700 bits per heavy atom. The van der Waals surface area contributed by atoms with Crippen LogP contribution in [-0.2, 0) is 0 Å². The van der Waals surface area contributed by atoms with Crippen molar-refractivity contribution in [2.24, 2.45) is 0 Å². The lowest BCUT2D eigenvalue weighted by atomic mass is 10.1. The number of hydrogen-bond donors (Lipinski definition) is 0. The number of benzene rings is 1. The molecule has 20 heavy (non-hydrogen) atoms. The molecule has 0 saturated heterocycles. The molecular formula is C14H8Cl2N4. The fourth-order valence-corrected chi connectivity index (χ4v) is 2.37. The average Bonchev–Trinajstić information content (AvgIpc) is 2.48. The highest BCUT2D eigenvalue weighted by Crippen LogP contribution is 2.33. The molecule has 1 aromatic carbocycles. The molecule has 0 spiro atoms. The third kappa shape index (κ3) is 2.48. The van der Waals surface area contributed by atoms with Gasteiger partial charge in [0.25, 0.3) is 0 Å². The molecule has 0 aliphatic heterocycles. The molecule has 2 aromatic heterocycles. The summed E-state index contributed by atoms with van der Waals surface area (Å²) < 4.78 is 0. The molecule has 0 unspecified atom stereocenters. The first-order valence-electron chi connectivity index (χ1n) is 5.81. The smallest absolute Gasteiger partial charge is 0.200 e. The van der Waals surface area contributed by atoms with Crippen molar-refractivity contribution in [1.29, 1.82) is 0 Å². The van der Waals surface area contributed by atoms with E-state index in [1.807, 2.05) is 30.3 Å². The molecule has 4 nitrogen and oxygen atoms in total. The van der Waals surface area contributed by atoms with Gasteiger partial charge >= 0.3 is 0 Å². The summed E-state index contributed by atoms with van der Waals surface area (Å²) in [5.41, 5.74) is 1.47. The van der Waals surface area contributed by atoms with Crippen LogP contribution in [0.4, 0.5) is 0 Å². The molecule has 0 radical (unpaired) electrons. The summed E-state index contributed by atoms with van der Waals surface area (Å²) in [4.78, 5) is 16.6. The molecular weight excluding hydrogens is 295 g/mol. The second-order valence-corrected chi connectivity index (χ2v) is 4.66. The van der Waals surface area contributed by atoms with E-state index in [1.54, 1.807) is 18.5 Å². The maximum Gasteiger partial charge on any atom is 0.200 e. The van der Waals surface area contributed by atoms with Gasteiger partial charge in [-0.25, -0.2) is 19.9 Å². The second-order valence-electron chi connectivity index (χ2n) is 3.94. The molecule has 6 heteroatoms. The minimum absolute atomic E-state index is 0.277. The van der Waals surface area contributed by atoms with Gasteiger partial charge < -0.3 is 0 Å². The highest BCUT2D eigenvalue weighted by molar-refractivity contribution is 6.37. The van der Waals surface area contributed by atoms with Gasteiger partial charge in [0, 0.05) is 12.4 Å². The van der Waals surface area contributed by atoms with Crippen LogP contribution in [0.15, 0.2) is 48.8 Å². The van der Waals surface area contributed by atoms with Gasteiger partial charge in [-0.05, 0) is 11.6 Å². The Balaban J connectivity index is 2.13. The number of halogens is 2. The molecule has 98 valence electrons. The lowest BCUT2D eigenvalue weighted by Gasteiger charge is -2.07. The van der Waals surface area contributed by atoms with E-state index < -0.39 is 0 Å². The summed E-state index contributed by atoms with van der Waals surface area (Å²) in [6, 6.07) is 11.2. The van der Waals surface area contributed by atoms with Crippen LogP contribution in [0, 0.1) is 0 Å². The molecule has 3 aromatic rings. The molecule has 0 aliphatic carbocycles. The largest absolute Gasteiger partial charge is 0.234 e. The van der Waals surface area contributed by atoms with Gasteiger partial charge in [0.2, 0.25) is 5.82 Å². The summed E-state index contributed by atoms with van der Waals surface area (Å²) >= 11 is 12.5. The van der Waals surface area contributed by atoms with Gasteiger partial charge in [0.1, 0.15) is 10.3 Å². The number of hydrogen-bond acceptors (Lipinski definition) is 4. The number of aromatic nitrogens is 4. The summed E-state index contributed by atoms with van der Waals surface area (Å²) in [6.07, 6.45) is 3.22. The Hall–Kier alpha value is -2.04. The highest BCUT2D eigenvalue weighted by atomic mass is 35.5. The fourth-order valence-electron chi connectivity index (χ4n) is 1.77. The first kappa shape index (κ1) is 13.0. The minimum Gasteiger partial charge on any atom is -0.234 e. The van der Waals surface area contributed by atoms with Crippen molar-refractivity contribution in [3.05, 3.63) is 59.1 Å². The van der Waals surface area contributed by atoms with Crippen molar-refractivity contribution in [1.82, 2.24) is 19.9 Å². The van der Waals surface area contributed by atoms with Crippen molar-refractivity contribution >= 4 is 23.2 Å². The lowest BCUT2D eigenvalue weighted by molar-refractivity contribution is 1.08. The summed E-state index contributed by atoms with van der Waals surface area (Å²) in [6.45, 7) is 0.